The molecule has 0 bridgehead atoms. The third-order valence-corrected chi connectivity index (χ3v) is 6.62. The first-order valence-corrected chi connectivity index (χ1v) is 10.7. The van der Waals surface area contributed by atoms with Crippen molar-refractivity contribution in [1.29, 1.82) is 0 Å². The van der Waals surface area contributed by atoms with Crippen molar-refractivity contribution in [3.05, 3.63) is 65.7 Å². The molecule has 6 nitrogen and oxygen atoms in total. The lowest BCUT2D eigenvalue weighted by atomic mass is 10.2. The molecule has 2 aromatic carbocycles. The Morgan fingerprint density at radius 3 is 2.27 bits per heavy atom. The lowest BCUT2D eigenvalue weighted by Gasteiger charge is -2.34. The normalized spacial score (nSPS) is 15.9. The molecule has 0 spiro atoms. The Labute approximate surface area is 172 Å². The van der Waals surface area contributed by atoms with Crippen LogP contribution in [0, 0.1) is 0 Å². The van der Waals surface area contributed by atoms with Crippen molar-refractivity contribution in [2.45, 2.75) is 17.7 Å². The molecule has 1 fully saturated rings. The van der Waals surface area contributed by atoms with Crippen LogP contribution in [0.15, 0.2) is 59.5 Å². The van der Waals surface area contributed by atoms with Gasteiger partial charge in [-0.2, -0.15) is 17.5 Å². The zero-order chi connectivity index (χ0) is 21.8. The summed E-state index contributed by atoms with van der Waals surface area (Å²) in [7, 11) is -4.08. The van der Waals surface area contributed by atoms with Crippen molar-refractivity contribution in [3.8, 4) is 0 Å². The van der Waals surface area contributed by atoms with Crippen molar-refractivity contribution >= 4 is 15.9 Å². The van der Waals surface area contributed by atoms with Crippen LogP contribution in [-0.2, 0) is 32.3 Å². The molecular formula is C20H21F3N2O4S. The zero-order valence-electron chi connectivity index (χ0n) is 16.0. The second-order valence-corrected chi connectivity index (χ2v) is 8.73. The van der Waals surface area contributed by atoms with Crippen molar-refractivity contribution < 1.29 is 31.1 Å². The maximum Gasteiger partial charge on any atom is 0.416 e. The van der Waals surface area contributed by atoms with Gasteiger partial charge in [-0.15, -0.1) is 0 Å². The maximum atomic E-state index is 12.9. The molecule has 0 aliphatic carbocycles. The van der Waals surface area contributed by atoms with Crippen LogP contribution < -0.4 is 0 Å². The fourth-order valence-electron chi connectivity index (χ4n) is 3.08. The van der Waals surface area contributed by atoms with E-state index in [0.717, 1.165) is 28.1 Å². The topological polar surface area (TPSA) is 66.9 Å². The number of carbonyl (C=O) groups excluding carboxylic acids is 1. The molecule has 1 saturated heterocycles. The molecule has 0 aromatic heterocycles. The molecule has 2 aromatic rings. The van der Waals surface area contributed by atoms with Gasteiger partial charge in [-0.05, 0) is 23.8 Å². The SMILES string of the molecule is O=C(COCc1ccccc1)N1CCN(S(=O)(=O)c2cccc(C(F)(F)F)c2)CC1. The number of carbonyl (C=O) groups is 1. The fourth-order valence-corrected chi connectivity index (χ4v) is 4.55. The molecule has 3 rings (SSSR count). The van der Waals surface area contributed by atoms with Gasteiger partial charge in [0.25, 0.3) is 0 Å². The Bertz CT molecular complexity index is 973. The van der Waals surface area contributed by atoms with E-state index in [4.69, 9.17) is 4.74 Å². The predicted octanol–water partition coefficient (Wildman–Crippen LogP) is 2.76. The summed E-state index contributed by atoms with van der Waals surface area (Å²) in [4.78, 5) is 13.4. The molecule has 0 saturated carbocycles. The first-order chi connectivity index (χ1) is 14.2. The van der Waals surface area contributed by atoms with Gasteiger partial charge in [-0.25, -0.2) is 8.42 Å². The minimum atomic E-state index is -4.63. The number of rotatable bonds is 6. The van der Waals surface area contributed by atoms with Crippen LogP contribution in [0.5, 0.6) is 0 Å². The first-order valence-electron chi connectivity index (χ1n) is 9.25. The van der Waals surface area contributed by atoms with E-state index in [-0.39, 0.29) is 45.3 Å². The van der Waals surface area contributed by atoms with E-state index in [0.29, 0.717) is 6.07 Å². The highest BCUT2D eigenvalue weighted by Gasteiger charge is 2.34. The van der Waals surface area contributed by atoms with Crippen molar-refractivity contribution in [3.63, 3.8) is 0 Å². The smallest absolute Gasteiger partial charge is 0.367 e. The number of halogens is 3. The van der Waals surface area contributed by atoms with E-state index < -0.39 is 26.7 Å². The van der Waals surface area contributed by atoms with Crippen LogP contribution in [0.4, 0.5) is 13.2 Å². The van der Waals surface area contributed by atoms with E-state index in [1.165, 1.54) is 4.90 Å². The Morgan fingerprint density at radius 1 is 0.967 bits per heavy atom. The highest BCUT2D eigenvalue weighted by atomic mass is 32.2. The number of benzene rings is 2. The van der Waals surface area contributed by atoms with Crippen molar-refractivity contribution in [1.82, 2.24) is 9.21 Å². The van der Waals surface area contributed by atoms with Crippen molar-refractivity contribution in [2.24, 2.45) is 0 Å². The predicted molar refractivity (Wildman–Crippen MR) is 103 cm³/mol. The summed E-state index contributed by atoms with van der Waals surface area (Å²) in [6, 6.07) is 13.0. The molecule has 0 atom stereocenters. The minimum absolute atomic E-state index is 0.00298. The number of alkyl halides is 3. The van der Waals surface area contributed by atoms with E-state index in [9.17, 15) is 26.4 Å². The number of sulfonamides is 1. The molecule has 0 radical (unpaired) electrons. The molecule has 1 heterocycles. The number of amides is 1. The average molecular weight is 442 g/mol. The number of ether oxygens (including phenoxy) is 1. The Balaban J connectivity index is 1.55. The van der Waals surface area contributed by atoms with Gasteiger partial charge in [0.2, 0.25) is 15.9 Å². The molecule has 0 N–H and O–H groups in total. The Morgan fingerprint density at radius 2 is 1.63 bits per heavy atom. The maximum absolute atomic E-state index is 12.9. The molecular weight excluding hydrogens is 421 g/mol. The number of piperazine rings is 1. The number of nitrogens with zero attached hydrogens (tertiary/aromatic N) is 2. The third kappa shape index (κ3) is 5.38. The van der Waals surface area contributed by atoms with Crippen LogP contribution in [0.2, 0.25) is 0 Å². The Kier molecular flexibility index (Phi) is 6.79. The highest BCUT2D eigenvalue weighted by Crippen LogP contribution is 2.31. The van der Waals surface area contributed by atoms with Crippen LogP contribution in [0.25, 0.3) is 0 Å². The van der Waals surface area contributed by atoms with Gasteiger partial charge in [-0.1, -0.05) is 36.4 Å². The summed E-state index contributed by atoms with van der Waals surface area (Å²) in [6.07, 6.45) is -4.63. The number of hydrogen-bond donors (Lipinski definition) is 0. The third-order valence-electron chi connectivity index (χ3n) is 4.73. The van der Waals surface area contributed by atoms with Gasteiger partial charge in [0.15, 0.2) is 0 Å². The minimum Gasteiger partial charge on any atom is -0.367 e. The number of hydrogen-bond acceptors (Lipinski definition) is 4. The van der Waals surface area contributed by atoms with Gasteiger partial charge < -0.3 is 9.64 Å². The van der Waals surface area contributed by atoms with Gasteiger partial charge in [-0.3, -0.25) is 4.79 Å². The summed E-state index contributed by atoms with van der Waals surface area (Å²) in [5.74, 6) is -0.262. The van der Waals surface area contributed by atoms with Crippen LogP contribution in [-0.4, -0.2) is 56.3 Å². The molecule has 1 amide bonds. The van der Waals surface area contributed by atoms with E-state index in [1.54, 1.807) is 0 Å². The fraction of sp³-hybridized carbons (Fsp3) is 0.350. The second-order valence-electron chi connectivity index (χ2n) is 6.79. The summed E-state index contributed by atoms with van der Waals surface area (Å²) in [5, 5.41) is 0. The van der Waals surface area contributed by atoms with Gasteiger partial charge in [0, 0.05) is 26.2 Å². The quantitative estimate of drug-likeness (QED) is 0.690. The van der Waals surface area contributed by atoms with Crippen LogP contribution in [0.1, 0.15) is 11.1 Å². The lowest BCUT2D eigenvalue weighted by molar-refractivity contribution is -0.138. The summed E-state index contributed by atoms with van der Waals surface area (Å²) < 4.78 is 70.6. The summed E-state index contributed by atoms with van der Waals surface area (Å²) >= 11 is 0. The van der Waals surface area contributed by atoms with Gasteiger partial charge in [0.05, 0.1) is 17.1 Å². The largest absolute Gasteiger partial charge is 0.416 e. The highest BCUT2D eigenvalue weighted by molar-refractivity contribution is 7.89. The van der Waals surface area contributed by atoms with Crippen LogP contribution in [0.3, 0.4) is 0 Å². The summed E-state index contributed by atoms with van der Waals surface area (Å²) in [5.41, 5.74) is -0.0877. The van der Waals surface area contributed by atoms with Gasteiger partial charge >= 0.3 is 6.18 Å². The second kappa shape index (κ2) is 9.15. The molecule has 162 valence electrons. The van der Waals surface area contributed by atoms with E-state index in [2.05, 4.69) is 0 Å². The Hall–Kier alpha value is -2.43. The first kappa shape index (κ1) is 22.3. The molecule has 1 aliphatic heterocycles. The molecule has 0 unspecified atom stereocenters. The van der Waals surface area contributed by atoms with Crippen LogP contribution >= 0.6 is 0 Å². The molecule has 10 heteroatoms. The van der Waals surface area contributed by atoms with E-state index in [1.807, 2.05) is 30.3 Å². The van der Waals surface area contributed by atoms with E-state index >= 15 is 0 Å². The average Bonchev–Trinajstić information content (AvgIpc) is 2.74. The lowest BCUT2D eigenvalue weighted by Crippen LogP contribution is -2.51. The molecule has 30 heavy (non-hydrogen) atoms. The standard InChI is InChI=1S/C20H21F3N2O4S/c21-20(22,23)17-7-4-8-18(13-17)30(27,28)25-11-9-24(10-12-25)19(26)15-29-14-16-5-2-1-3-6-16/h1-8,13H,9-12,14-15H2. The van der Waals surface area contributed by atoms with Crippen molar-refractivity contribution in [2.75, 3.05) is 32.8 Å². The monoisotopic (exact) mass is 442 g/mol. The summed E-state index contributed by atoms with van der Waals surface area (Å²) in [6.45, 7) is 0.454. The zero-order valence-corrected chi connectivity index (χ0v) is 16.8. The van der Waals surface area contributed by atoms with Gasteiger partial charge in [0.1, 0.15) is 6.61 Å². The molecule has 1 aliphatic rings.